The monoisotopic (exact) mass is 489 g/mol. The van der Waals surface area contributed by atoms with Crippen LogP contribution in [0.25, 0.3) is 0 Å². The summed E-state index contributed by atoms with van der Waals surface area (Å²) in [5, 5.41) is 1.41. The molecule has 33 heavy (non-hydrogen) atoms. The Bertz CT molecular complexity index is 897. The minimum atomic E-state index is 0.0734. The summed E-state index contributed by atoms with van der Waals surface area (Å²) < 4.78 is 12.6. The number of rotatable bonds is 8. The second-order valence-corrected chi connectivity index (χ2v) is 10.8. The maximum Gasteiger partial charge on any atom is 0.119 e. The molecule has 3 nitrogen and oxygen atoms in total. The molecule has 0 radical (unpaired) electrons. The van der Waals surface area contributed by atoms with Gasteiger partial charge in [0.05, 0.1) is 19.3 Å². The van der Waals surface area contributed by atoms with Crippen molar-refractivity contribution in [1.82, 2.24) is 4.90 Å². The summed E-state index contributed by atoms with van der Waals surface area (Å²) in [5.41, 5.74) is 2.35. The van der Waals surface area contributed by atoms with Crippen LogP contribution >= 0.6 is 23.2 Å². The maximum absolute atomic E-state index is 6.51. The minimum absolute atomic E-state index is 0.0734. The zero-order chi connectivity index (χ0) is 23.2. The fourth-order valence-electron chi connectivity index (χ4n) is 5.32. The van der Waals surface area contributed by atoms with E-state index >= 15 is 0 Å². The van der Waals surface area contributed by atoms with Gasteiger partial charge in [-0.1, -0.05) is 61.7 Å². The van der Waals surface area contributed by atoms with Crippen LogP contribution in [0.1, 0.15) is 69.1 Å². The van der Waals surface area contributed by atoms with E-state index in [2.05, 4.69) is 49.1 Å². The summed E-state index contributed by atoms with van der Waals surface area (Å²) in [5.74, 6) is 2.13. The average molecular weight is 491 g/mol. The highest BCUT2D eigenvalue weighted by Crippen LogP contribution is 2.45. The van der Waals surface area contributed by atoms with Crippen LogP contribution < -0.4 is 4.74 Å². The standard InChI is InChI=1S/C28H37Cl2NO2/c1-20(2)26-17-22(25-11-10-23(29)18-27(25)30)19-33-28(26)21-8-6-9-24(16-21)32-15-7-14-31-12-4-3-5-13-31/h6,8-11,16,18,20,22,26,28H,3-5,7,12-15,17,19H2,1-2H3/t22-,26-,28-/m0/s1. The van der Waals surface area contributed by atoms with Crippen LogP contribution in [0.2, 0.25) is 10.0 Å². The first-order chi connectivity index (χ1) is 16.0. The lowest BCUT2D eigenvalue weighted by Gasteiger charge is -2.39. The highest BCUT2D eigenvalue weighted by molar-refractivity contribution is 6.35. The van der Waals surface area contributed by atoms with Crippen molar-refractivity contribution in [2.75, 3.05) is 32.8 Å². The molecule has 0 amide bonds. The third kappa shape index (κ3) is 6.66. The number of hydrogen-bond acceptors (Lipinski definition) is 3. The van der Waals surface area contributed by atoms with Crippen LogP contribution in [0.4, 0.5) is 0 Å². The number of nitrogens with zero attached hydrogens (tertiary/aromatic N) is 1. The molecule has 0 saturated carbocycles. The fraction of sp³-hybridized carbons (Fsp3) is 0.571. The van der Waals surface area contributed by atoms with E-state index in [-0.39, 0.29) is 12.0 Å². The van der Waals surface area contributed by atoms with Gasteiger partial charge in [0.15, 0.2) is 0 Å². The lowest BCUT2D eigenvalue weighted by Crippen LogP contribution is -2.31. The number of ether oxygens (including phenoxy) is 2. The summed E-state index contributed by atoms with van der Waals surface area (Å²) in [6, 6.07) is 14.3. The molecule has 3 atom stereocenters. The topological polar surface area (TPSA) is 21.7 Å². The molecule has 180 valence electrons. The van der Waals surface area contributed by atoms with E-state index in [9.17, 15) is 0 Å². The summed E-state index contributed by atoms with van der Waals surface area (Å²) in [6.45, 7) is 9.62. The Hall–Kier alpha value is -1.26. The summed E-state index contributed by atoms with van der Waals surface area (Å²) in [7, 11) is 0. The van der Waals surface area contributed by atoms with Crippen molar-refractivity contribution in [2.24, 2.45) is 11.8 Å². The number of benzene rings is 2. The van der Waals surface area contributed by atoms with E-state index in [1.165, 1.54) is 37.9 Å². The largest absolute Gasteiger partial charge is 0.494 e. The summed E-state index contributed by atoms with van der Waals surface area (Å²) in [4.78, 5) is 2.57. The average Bonchev–Trinajstić information content (AvgIpc) is 2.82. The molecule has 0 bridgehead atoms. The van der Waals surface area contributed by atoms with Crippen molar-refractivity contribution in [3.63, 3.8) is 0 Å². The molecule has 2 aromatic carbocycles. The van der Waals surface area contributed by atoms with E-state index < -0.39 is 0 Å². The Morgan fingerprint density at radius 1 is 1.06 bits per heavy atom. The van der Waals surface area contributed by atoms with E-state index in [4.69, 9.17) is 32.7 Å². The van der Waals surface area contributed by atoms with Crippen molar-refractivity contribution in [3.8, 4) is 5.75 Å². The molecule has 2 aliphatic rings. The van der Waals surface area contributed by atoms with Crippen molar-refractivity contribution in [2.45, 2.75) is 58.0 Å². The van der Waals surface area contributed by atoms with Gasteiger partial charge >= 0.3 is 0 Å². The molecule has 5 heteroatoms. The van der Waals surface area contributed by atoms with Gasteiger partial charge in [-0.15, -0.1) is 0 Å². The molecular weight excluding hydrogens is 453 g/mol. The van der Waals surface area contributed by atoms with E-state index in [0.29, 0.717) is 23.5 Å². The van der Waals surface area contributed by atoms with Crippen LogP contribution in [0.3, 0.4) is 0 Å². The van der Waals surface area contributed by atoms with Crippen molar-refractivity contribution >= 4 is 23.2 Å². The quantitative estimate of drug-likeness (QED) is 0.353. The predicted octanol–water partition coefficient (Wildman–Crippen LogP) is 7.77. The van der Waals surface area contributed by atoms with Gasteiger partial charge in [0.2, 0.25) is 0 Å². The molecule has 2 aromatic rings. The Kier molecular flexibility index (Phi) is 8.98. The van der Waals surface area contributed by atoms with Crippen LogP contribution in [0, 0.1) is 11.8 Å². The Morgan fingerprint density at radius 2 is 1.88 bits per heavy atom. The van der Waals surface area contributed by atoms with E-state index in [1.807, 2.05) is 12.1 Å². The van der Waals surface area contributed by atoms with Gasteiger partial charge in [0.1, 0.15) is 5.75 Å². The minimum Gasteiger partial charge on any atom is -0.494 e. The first-order valence-corrected chi connectivity index (χ1v) is 13.3. The van der Waals surface area contributed by atoms with Gasteiger partial charge < -0.3 is 14.4 Å². The third-order valence-corrected chi connectivity index (χ3v) is 7.77. The third-order valence-electron chi connectivity index (χ3n) is 7.20. The molecule has 2 heterocycles. The highest BCUT2D eigenvalue weighted by Gasteiger charge is 2.35. The van der Waals surface area contributed by atoms with Gasteiger partial charge in [0.25, 0.3) is 0 Å². The zero-order valence-corrected chi connectivity index (χ0v) is 21.5. The first-order valence-electron chi connectivity index (χ1n) is 12.5. The molecule has 0 unspecified atom stereocenters. The number of likely N-dealkylation sites (tertiary alicyclic amines) is 1. The first kappa shape index (κ1) is 24.9. The van der Waals surface area contributed by atoms with Crippen molar-refractivity contribution in [3.05, 3.63) is 63.6 Å². The van der Waals surface area contributed by atoms with Gasteiger partial charge in [0, 0.05) is 22.5 Å². The highest BCUT2D eigenvalue weighted by atomic mass is 35.5. The SMILES string of the molecule is CC(C)[C@@H]1C[C@H](c2ccc(Cl)cc2Cl)CO[C@H]1c1cccc(OCCCN2CCCCC2)c1. The van der Waals surface area contributed by atoms with E-state index in [0.717, 1.165) is 42.3 Å². The molecule has 0 aliphatic carbocycles. The molecule has 0 aromatic heterocycles. The molecule has 0 N–H and O–H groups in total. The van der Waals surface area contributed by atoms with Gasteiger partial charge in [-0.2, -0.15) is 0 Å². The molecular formula is C28H37Cl2NO2. The van der Waals surface area contributed by atoms with Crippen LogP contribution in [-0.2, 0) is 4.74 Å². The number of halogens is 2. The van der Waals surface area contributed by atoms with E-state index in [1.54, 1.807) is 0 Å². The van der Waals surface area contributed by atoms with Crippen LogP contribution in [0.5, 0.6) is 5.75 Å². The van der Waals surface area contributed by atoms with Crippen molar-refractivity contribution in [1.29, 1.82) is 0 Å². The molecule has 2 aliphatic heterocycles. The smallest absolute Gasteiger partial charge is 0.119 e. The number of piperidine rings is 1. The Morgan fingerprint density at radius 3 is 2.64 bits per heavy atom. The summed E-state index contributed by atoms with van der Waals surface area (Å²) in [6.07, 6.45) is 6.25. The molecule has 4 rings (SSSR count). The lowest BCUT2D eigenvalue weighted by atomic mass is 9.76. The Balaban J connectivity index is 1.37. The predicted molar refractivity (Wildman–Crippen MR) is 138 cm³/mol. The zero-order valence-electron chi connectivity index (χ0n) is 19.9. The van der Waals surface area contributed by atoms with Gasteiger partial charge in [-0.3, -0.25) is 0 Å². The molecule has 2 saturated heterocycles. The normalized spacial score (nSPS) is 24.2. The van der Waals surface area contributed by atoms with Gasteiger partial charge in [-0.05, 0) is 86.0 Å². The lowest BCUT2D eigenvalue weighted by molar-refractivity contribution is -0.0552. The second-order valence-electron chi connectivity index (χ2n) is 9.94. The van der Waals surface area contributed by atoms with Gasteiger partial charge in [-0.25, -0.2) is 0 Å². The van der Waals surface area contributed by atoms with Crippen LogP contribution in [-0.4, -0.2) is 37.7 Å². The number of hydrogen-bond donors (Lipinski definition) is 0. The Labute approximate surface area is 209 Å². The summed E-state index contributed by atoms with van der Waals surface area (Å²) >= 11 is 12.6. The molecule has 0 spiro atoms. The van der Waals surface area contributed by atoms with Crippen LogP contribution in [0.15, 0.2) is 42.5 Å². The molecule has 2 fully saturated rings. The van der Waals surface area contributed by atoms with Crippen molar-refractivity contribution < 1.29 is 9.47 Å². The second kappa shape index (κ2) is 11.9. The maximum atomic E-state index is 6.51. The fourth-order valence-corrected chi connectivity index (χ4v) is 5.88.